The number of hydrogen-bond acceptors (Lipinski definition) is 6. The van der Waals surface area contributed by atoms with Gasteiger partial charge in [-0.05, 0) is 71.4 Å². The minimum absolute atomic E-state index is 0.0212. The molecule has 0 aromatic heterocycles. The molecule has 46 heavy (non-hydrogen) atoms. The van der Waals surface area contributed by atoms with Crippen LogP contribution < -0.4 is 15.8 Å². The number of likely N-dealkylation sites (tertiary alicyclic amines) is 1. The van der Waals surface area contributed by atoms with E-state index >= 15 is 0 Å². The normalized spacial score (nSPS) is 15.8. The first-order chi connectivity index (χ1) is 22.0. The van der Waals surface area contributed by atoms with Gasteiger partial charge in [-0.15, -0.1) is 4.72 Å². The number of nitrogens with one attached hydrogen (secondary N) is 2. The van der Waals surface area contributed by atoms with Gasteiger partial charge in [0.25, 0.3) is 0 Å². The summed E-state index contributed by atoms with van der Waals surface area (Å²) in [6, 6.07) is 22.4. The van der Waals surface area contributed by atoms with Crippen LogP contribution in [-0.4, -0.2) is 58.5 Å². The number of amidine groups is 1. The quantitative estimate of drug-likeness (QED) is 0.0708. The maximum atomic E-state index is 14.0. The van der Waals surface area contributed by atoms with Crippen LogP contribution in [0.4, 0.5) is 0 Å². The number of nitrogens with zero attached hydrogens (tertiary/aromatic N) is 2. The van der Waals surface area contributed by atoms with E-state index in [-0.39, 0.29) is 29.5 Å². The number of nitrogens with two attached hydrogens (primary N) is 1. The Kier molecular flexibility index (Phi) is 12.3. The molecule has 1 fully saturated rings. The lowest BCUT2D eigenvalue weighted by atomic mass is 9.86. The number of oxime groups is 1. The van der Waals surface area contributed by atoms with Crippen LogP contribution in [0.5, 0.6) is 0 Å². The molecule has 4 rings (SSSR count). The molecule has 1 aliphatic heterocycles. The van der Waals surface area contributed by atoms with Gasteiger partial charge in [0.05, 0.1) is 11.4 Å². The highest BCUT2D eigenvalue weighted by atomic mass is 32.2. The van der Waals surface area contributed by atoms with E-state index in [2.05, 4.69) is 60.2 Å². The zero-order chi connectivity index (χ0) is 33.3. The van der Waals surface area contributed by atoms with Crippen molar-refractivity contribution >= 4 is 29.0 Å². The molecule has 2 amide bonds. The minimum Gasteiger partial charge on any atom is -0.593 e. The SMILES string of the molecule is CNC(=O)CCCC1CCN(C(=O)[C@H](Cc2cccc(/C(N)=N\O)c2)N[S+]([O-])c2cccc(-c3ccc(C(C)(C)C)cc3)c2)CC1. The van der Waals surface area contributed by atoms with Crippen LogP contribution in [0.2, 0.25) is 0 Å². The number of rotatable bonds is 12. The van der Waals surface area contributed by atoms with Crippen molar-refractivity contribution in [2.45, 2.75) is 75.6 Å². The Morgan fingerprint density at radius 3 is 2.39 bits per heavy atom. The molecule has 1 saturated heterocycles. The number of carbonyl (C=O) groups excluding carboxylic acids is 2. The average molecular weight is 646 g/mol. The van der Waals surface area contributed by atoms with Crippen LogP contribution in [-0.2, 0) is 32.8 Å². The maximum absolute atomic E-state index is 14.0. The molecule has 1 heterocycles. The summed E-state index contributed by atoms with van der Waals surface area (Å²) < 4.78 is 16.9. The van der Waals surface area contributed by atoms with Gasteiger partial charge in [-0.1, -0.05) is 80.5 Å². The van der Waals surface area contributed by atoms with E-state index in [0.29, 0.717) is 35.9 Å². The van der Waals surface area contributed by atoms with Crippen LogP contribution in [0, 0.1) is 5.92 Å². The molecule has 5 N–H and O–H groups in total. The fraction of sp³-hybridized carbons (Fsp3) is 0.417. The van der Waals surface area contributed by atoms with Gasteiger partial charge >= 0.3 is 0 Å². The van der Waals surface area contributed by atoms with Gasteiger partial charge in [0.2, 0.25) is 11.8 Å². The first-order valence-corrected chi connectivity index (χ1v) is 17.1. The van der Waals surface area contributed by atoms with Crippen molar-refractivity contribution in [3.8, 4) is 11.1 Å². The highest BCUT2D eigenvalue weighted by molar-refractivity contribution is 7.89. The second-order valence-electron chi connectivity index (χ2n) is 13.0. The molecule has 0 bridgehead atoms. The van der Waals surface area contributed by atoms with Crippen molar-refractivity contribution in [2.75, 3.05) is 20.1 Å². The highest BCUT2D eigenvalue weighted by Gasteiger charge is 2.32. The largest absolute Gasteiger partial charge is 0.593 e. The lowest BCUT2D eigenvalue weighted by Gasteiger charge is -2.34. The minimum atomic E-state index is -1.67. The van der Waals surface area contributed by atoms with E-state index in [1.54, 1.807) is 31.3 Å². The highest BCUT2D eigenvalue weighted by Crippen LogP contribution is 2.28. The molecule has 10 heteroatoms. The first kappa shape index (κ1) is 35.0. The molecule has 9 nitrogen and oxygen atoms in total. The Bertz CT molecular complexity index is 1500. The number of amides is 2. The van der Waals surface area contributed by atoms with E-state index in [0.717, 1.165) is 42.4 Å². The fourth-order valence-electron chi connectivity index (χ4n) is 5.82. The second kappa shape index (κ2) is 16.1. The summed E-state index contributed by atoms with van der Waals surface area (Å²) in [4.78, 5) is 28.0. The van der Waals surface area contributed by atoms with Crippen LogP contribution in [0.15, 0.2) is 82.8 Å². The average Bonchev–Trinajstić information content (AvgIpc) is 3.07. The predicted octanol–water partition coefficient (Wildman–Crippen LogP) is 5.12. The van der Waals surface area contributed by atoms with Crippen LogP contribution in [0.3, 0.4) is 0 Å². The lowest BCUT2D eigenvalue weighted by molar-refractivity contribution is -0.134. The Hall–Kier alpha value is -3.86. The van der Waals surface area contributed by atoms with Gasteiger partial charge in [-0.25, -0.2) is 0 Å². The smallest absolute Gasteiger partial charge is 0.244 e. The molecule has 2 atom stereocenters. The standard InChI is InChI=1S/C36H47N5O4S/c1-36(2,3)30-16-14-27(15-17-30)28-10-7-12-31(24-28)46(45)40-32(23-26-9-5-11-29(22-26)34(37)39-44)35(43)41-20-18-25(19-21-41)8-6-13-33(42)38-4/h5,7,9-12,14-17,22,24-25,32,40,44H,6,8,13,18-21,23H2,1-4H3,(H2,37,39)(H,38,42)/t32-,46?/m0/s1. The van der Waals surface area contributed by atoms with Gasteiger partial charge < -0.3 is 25.7 Å². The third-order valence-electron chi connectivity index (χ3n) is 8.67. The summed E-state index contributed by atoms with van der Waals surface area (Å²) in [6.07, 6.45) is 4.31. The van der Waals surface area contributed by atoms with Gasteiger partial charge in [0.1, 0.15) is 6.04 Å². The monoisotopic (exact) mass is 645 g/mol. The summed E-state index contributed by atoms with van der Waals surface area (Å²) in [7, 11) is 1.65. The van der Waals surface area contributed by atoms with E-state index in [9.17, 15) is 14.1 Å². The lowest BCUT2D eigenvalue weighted by Crippen LogP contribution is -2.51. The van der Waals surface area contributed by atoms with E-state index in [1.807, 2.05) is 29.2 Å². The molecule has 0 aliphatic carbocycles. The molecule has 3 aromatic carbocycles. The zero-order valence-electron chi connectivity index (χ0n) is 27.3. The van der Waals surface area contributed by atoms with Gasteiger partial charge in [-0.2, -0.15) is 0 Å². The molecular formula is C36H47N5O4S. The van der Waals surface area contributed by atoms with Crippen molar-refractivity contribution in [1.82, 2.24) is 14.9 Å². The second-order valence-corrected chi connectivity index (χ2v) is 14.3. The number of carbonyl (C=O) groups is 2. The molecule has 1 unspecified atom stereocenters. The van der Waals surface area contributed by atoms with Crippen LogP contribution in [0.25, 0.3) is 11.1 Å². The number of piperidine rings is 1. The molecule has 246 valence electrons. The van der Waals surface area contributed by atoms with Crippen LogP contribution in [0.1, 0.15) is 69.6 Å². The number of benzene rings is 3. The molecular weight excluding hydrogens is 598 g/mol. The van der Waals surface area contributed by atoms with Gasteiger partial charge in [-0.3, -0.25) is 9.59 Å². The molecule has 0 radical (unpaired) electrons. The summed E-state index contributed by atoms with van der Waals surface area (Å²) in [5.74, 6) is 0.383. The Labute approximate surface area is 276 Å². The summed E-state index contributed by atoms with van der Waals surface area (Å²) in [5, 5.41) is 14.9. The zero-order valence-corrected chi connectivity index (χ0v) is 28.1. The molecule has 3 aromatic rings. The predicted molar refractivity (Wildman–Crippen MR) is 184 cm³/mol. The first-order valence-electron chi connectivity index (χ1n) is 15.9. The van der Waals surface area contributed by atoms with Crippen molar-refractivity contribution < 1.29 is 19.3 Å². The third-order valence-corrected chi connectivity index (χ3v) is 9.85. The van der Waals surface area contributed by atoms with Gasteiger partial charge in [0, 0.05) is 44.6 Å². The molecule has 0 spiro atoms. The Morgan fingerprint density at radius 1 is 1.04 bits per heavy atom. The third kappa shape index (κ3) is 9.57. The number of hydrogen-bond donors (Lipinski definition) is 4. The van der Waals surface area contributed by atoms with Gasteiger partial charge in [0.15, 0.2) is 10.7 Å². The van der Waals surface area contributed by atoms with E-state index in [4.69, 9.17) is 10.9 Å². The Balaban J connectivity index is 1.50. The van der Waals surface area contributed by atoms with Crippen LogP contribution >= 0.6 is 0 Å². The molecule has 0 saturated carbocycles. The van der Waals surface area contributed by atoms with Crippen molar-refractivity contribution in [2.24, 2.45) is 16.8 Å². The van der Waals surface area contributed by atoms with Crippen molar-refractivity contribution in [1.29, 1.82) is 0 Å². The summed E-state index contributed by atoms with van der Waals surface area (Å²) in [5.41, 5.74) is 10.4. The topological polar surface area (TPSA) is 143 Å². The fourth-order valence-corrected chi connectivity index (χ4v) is 6.83. The van der Waals surface area contributed by atoms with Crippen molar-refractivity contribution in [3.05, 3.63) is 89.5 Å². The van der Waals surface area contributed by atoms with E-state index < -0.39 is 17.4 Å². The maximum Gasteiger partial charge on any atom is 0.244 e. The molecule has 1 aliphatic rings. The summed E-state index contributed by atoms with van der Waals surface area (Å²) >= 11 is -1.67. The summed E-state index contributed by atoms with van der Waals surface area (Å²) in [6.45, 7) is 7.76. The van der Waals surface area contributed by atoms with Crippen molar-refractivity contribution in [3.63, 3.8) is 0 Å². The Morgan fingerprint density at radius 2 is 1.74 bits per heavy atom. The van der Waals surface area contributed by atoms with E-state index in [1.165, 1.54) is 5.56 Å².